The maximum Gasteiger partial charge on any atom is 0.333 e. The molecule has 1 unspecified atom stereocenters. The molecule has 4 nitrogen and oxygen atoms in total. The Labute approximate surface area is 94.2 Å². The number of ether oxygens (including phenoxy) is 2. The molecular formula is C10H15ClO4. The fourth-order valence-electron chi connectivity index (χ4n) is 0.756. The normalized spacial score (nSPS) is 11.7. The van der Waals surface area contributed by atoms with Crippen molar-refractivity contribution in [2.75, 3.05) is 12.5 Å². The first-order valence-electron chi connectivity index (χ1n) is 4.55. The molecule has 0 aromatic rings. The molecule has 86 valence electrons. The first-order chi connectivity index (χ1) is 6.97. The summed E-state index contributed by atoms with van der Waals surface area (Å²) < 4.78 is 9.68. The molecule has 0 aliphatic rings. The third-order valence-electron chi connectivity index (χ3n) is 1.55. The van der Waals surface area contributed by atoms with E-state index in [0.717, 1.165) is 0 Å². The Morgan fingerprint density at radius 3 is 2.53 bits per heavy atom. The summed E-state index contributed by atoms with van der Waals surface area (Å²) in [6.07, 6.45) is 0.135. The summed E-state index contributed by atoms with van der Waals surface area (Å²) in [6.45, 7) is 6.91. The van der Waals surface area contributed by atoms with Crippen LogP contribution in [-0.4, -0.2) is 30.5 Å². The van der Waals surface area contributed by atoms with Gasteiger partial charge >= 0.3 is 11.9 Å². The van der Waals surface area contributed by atoms with Gasteiger partial charge in [-0.25, -0.2) is 4.79 Å². The lowest BCUT2D eigenvalue weighted by atomic mass is 10.3. The standard InChI is InChI=1S/C10H15ClO4/c1-7(2)10(13)14-5-4-8(3)15-9(12)6-11/h8H,1,4-6H2,2-3H3. The van der Waals surface area contributed by atoms with Gasteiger partial charge in [0, 0.05) is 12.0 Å². The van der Waals surface area contributed by atoms with Gasteiger partial charge in [0.05, 0.1) is 6.61 Å². The quantitative estimate of drug-likeness (QED) is 0.399. The number of rotatable bonds is 6. The molecule has 0 aromatic carbocycles. The fourth-order valence-corrected chi connectivity index (χ4v) is 0.819. The number of hydrogen-bond donors (Lipinski definition) is 0. The van der Waals surface area contributed by atoms with E-state index in [1.54, 1.807) is 13.8 Å². The van der Waals surface area contributed by atoms with Crippen molar-refractivity contribution < 1.29 is 19.1 Å². The zero-order valence-electron chi connectivity index (χ0n) is 8.92. The van der Waals surface area contributed by atoms with Crippen molar-refractivity contribution in [1.29, 1.82) is 0 Å². The predicted molar refractivity (Wildman–Crippen MR) is 56.7 cm³/mol. The highest BCUT2D eigenvalue weighted by Crippen LogP contribution is 2.01. The van der Waals surface area contributed by atoms with E-state index in [4.69, 9.17) is 21.1 Å². The molecule has 15 heavy (non-hydrogen) atoms. The van der Waals surface area contributed by atoms with Crippen LogP contribution in [0, 0.1) is 0 Å². The minimum absolute atomic E-state index is 0.171. The third-order valence-corrected chi connectivity index (χ3v) is 1.77. The second-order valence-electron chi connectivity index (χ2n) is 3.14. The van der Waals surface area contributed by atoms with Gasteiger partial charge in [0.2, 0.25) is 0 Å². The number of carbonyl (C=O) groups is 2. The van der Waals surface area contributed by atoms with Crippen molar-refractivity contribution in [1.82, 2.24) is 0 Å². The van der Waals surface area contributed by atoms with Crippen molar-refractivity contribution in [2.45, 2.75) is 26.4 Å². The summed E-state index contributed by atoms with van der Waals surface area (Å²) in [4.78, 5) is 21.7. The molecule has 0 saturated heterocycles. The highest BCUT2D eigenvalue weighted by molar-refractivity contribution is 6.26. The maximum atomic E-state index is 11.0. The van der Waals surface area contributed by atoms with E-state index in [0.29, 0.717) is 12.0 Å². The Balaban J connectivity index is 3.63. The van der Waals surface area contributed by atoms with Gasteiger partial charge in [-0.2, -0.15) is 0 Å². The van der Waals surface area contributed by atoms with E-state index in [2.05, 4.69) is 6.58 Å². The monoisotopic (exact) mass is 234 g/mol. The highest BCUT2D eigenvalue weighted by atomic mass is 35.5. The van der Waals surface area contributed by atoms with Gasteiger partial charge < -0.3 is 9.47 Å². The molecule has 0 aliphatic heterocycles. The topological polar surface area (TPSA) is 52.6 Å². The molecule has 0 spiro atoms. The minimum Gasteiger partial charge on any atom is -0.462 e. The number of esters is 2. The SMILES string of the molecule is C=C(C)C(=O)OCCC(C)OC(=O)CCl. The number of carbonyl (C=O) groups excluding carboxylic acids is 2. The molecule has 0 saturated carbocycles. The number of alkyl halides is 1. The molecule has 0 radical (unpaired) electrons. The molecule has 0 rings (SSSR count). The Kier molecular flexibility index (Phi) is 6.79. The van der Waals surface area contributed by atoms with Crippen molar-refractivity contribution in [2.24, 2.45) is 0 Å². The van der Waals surface area contributed by atoms with Crippen LogP contribution in [0.4, 0.5) is 0 Å². The first kappa shape index (κ1) is 14.0. The molecule has 0 bridgehead atoms. The molecule has 1 atom stereocenters. The molecule has 0 heterocycles. The number of halogens is 1. The maximum absolute atomic E-state index is 11.0. The second-order valence-corrected chi connectivity index (χ2v) is 3.41. The van der Waals surface area contributed by atoms with Gasteiger partial charge in [0.25, 0.3) is 0 Å². The van der Waals surface area contributed by atoms with Crippen molar-refractivity contribution in [3.8, 4) is 0 Å². The summed E-state index contributed by atoms with van der Waals surface area (Å²) >= 11 is 5.25. The van der Waals surface area contributed by atoms with Crippen LogP contribution in [0.5, 0.6) is 0 Å². The summed E-state index contributed by atoms with van der Waals surface area (Å²) in [5.41, 5.74) is 0.348. The predicted octanol–water partition coefficient (Wildman–Crippen LogP) is 1.67. The van der Waals surface area contributed by atoms with E-state index < -0.39 is 11.9 Å². The van der Waals surface area contributed by atoms with Crippen LogP contribution < -0.4 is 0 Å². The fraction of sp³-hybridized carbons (Fsp3) is 0.600. The van der Waals surface area contributed by atoms with Crippen molar-refractivity contribution >= 4 is 23.5 Å². The van der Waals surface area contributed by atoms with Gasteiger partial charge in [-0.05, 0) is 13.8 Å². The average Bonchev–Trinajstić information content (AvgIpc) is 2.17. The summed E-state index contributed by atoms with van der Waals surface area (Å²) in [7, 11) is 0. The lowest BCUT2D eigenvalue weighted by molar-refractivity contribution is -0.146. The van der Waals surface area contributed by atoms with E-state index in [1.165, 1.54) is 0 Å². The van der Waals surface area contributed by atoms with E-state index in [1.807, 2.05) is 0 Å². The van der Waals surface area contributed by atoms with Crippen molar-refractivity contribution in [3.05, 3.63) is 12.2 Å². The number of hydrogen-bond acceptors (Lipinski definition) is 4. The Bertz CT molecular complexity index is 250. The molecule has 5 heteroatoms. The molecule has 0 amide bonds. The minimum atomic E-state index is -0.476. The van der Waals surface area contributed by atoms with Crippen LogP contribution in [0.15, 0.2) is 12.2 Å². The van der Waals surface area contributed by atoms with Gasteiger partial charge in [-0.3, -0.25) is 4.79 Å². The lowest BCUT2D eigenvalue weighted by Crippen LogP contribution is -2.18. The highest BCUT2D eigenvalue weighted by Gasteiger charge is 2.09. The lowest BCUT2D eigenvalue weighted by Gasteiger charge is -2.12. The van der Waals surface area contributed by atoms with Gasteiger partial charge in [0.15, 0.2) is 0 Å². The molecule has 0 aliphatic carbocycles. The Morgan fingerprint density at radius 1 is 1.47 bits per heavy atom. The Morgan fingerprint density at radius 2 is 2.07 bits per heavy atom. The van der Waals surface area contributed by atoms with E-state index >= 15 is 0 Å². The molecular weight excluding hydrogens is 220 g/mol. The van der Waals surface area contributed by atoms with Crippen LogP contribution in [0.3, 0.4) is 0 Å². The summed E-state index contributed by atoms with van der Waals surface area (Å²) in [6, 6.07) is 0. The molecule has 0 aromatic heterocycles. The zero-order chi connectivity index (χ0) is 11.8. The van der Waals surface area contributed by atoms with Gasteiger partial charge in [-0.1, -0.05) is 6.58 Å². The first-order valence-corrected chi connectivity index (χ1v) is 5.09. The Hall–Kier alpha value is -1.03. The summed E-state index contributed by atoms with van der Waals surface area (Å²) in [5, 5.41) is 0. The van der Waals surface area contributed by atoms with Crippen molar-refractivity contribution in [3.63, 3.8) is 0 Å². The average molecular weight is 235 g/mol. The van der Waals surface area contributed by atoms with Crippen LogP contribution in [0.2, 0.25) is 0 Å². The molecule has 0 N–H and O–H groups in total. The second kappa shape index (κ2) is 7.29. The summed E-state index contributed by atoms with van der Waals surface area (Å²) in [5.74, 6) is -1.09. The van der Waals surface area contributed by atoms with Crippen LogP contribution >= 0.6 is 11.6 Å². The van der Waals surface area contributed by atoms with Gasteiger partial charge in [-0.15, -0.1) is 11.6 Å². The van der Waals surface area contributed by atoms with E-state index in [-0.39, 0.29) is 18.6 Å². The molecule has 0 fully saturated rings. The smallest absolute Gasteiger partial charge is 0.333 e. The van der Waals surface area contributed by atoms with Crippen LogP contribution in [-0.2, 0) is 19.1 Å². The van der Waals surface area contributed by atoms with Crippen LogP contribution in [0.1, 0.15) is 20.3 Å². The van der Waals surface area contributed by atoms with E-state index in [9.17, 15) is 9.59 Å². The van der Waals surface area contributed by atoms with Crippen LogP contribution in [0.25, 0.3) is 0 Å². The third kappa shape index (κ3) is 6.96. The zero-order valence-corrected chi connectivity index (χ0v) is 9.67. The largest absolute Gasteiger partial charge is 0.462 e. The van der Waals surface area contributed by atoms with Gasteiger partial charge in [0.1, 0.15) is 12.0 Å².